The number of benzene rings is 1. The van der Waals surface area contributed by atoms with Gasteiger partial charge in [0.1, 0.15) is 5.82 Å². The van der Waals surface area contributed by atoms with Crippen molar-refractivity contribution >= 4 is 5.91 Å². The van der Waals surface area contributed by atoms with E-state index >= 15 is 0 Å². The van der Waals surface area contributed by atoms with Crippen LogP contribution in [-0.4, -0.2) is 36.5 Å². The first-order valence-electron chi connectivity index (χ1n) is 6.85. The molecule has 0 bridgehead atoms. The summed E-state index contributed by atoms with van der Waals surface area (Å²) in [5.74, 6) is -0.788. The van der Waals surface area contributed by atoms with Crippen molar-refractivity contribution in [2.45, 2.75) is 32.7 Å². The normalized spacial score (nSPS) is 17.4. The molecular formula is C15H21FN2O. The maximum atomic E-state index is 13.6. The largest absolute Gasteiger partial charge is 0.348 e. The molecular weight excluding hydrogens is 243 g/mol. The Morgan fingerprint density at radius 1 is 1.42 bits per heavy atom. The van der Waals surface area contributed by atoms with Gasteiger partial charge in [0.25, 0.3) is 5.91 Å². The zero-order valence-corrected chi connectivity index (χ0v) is 11.6. The van der Waals surface area contributed by atoms with Crippen LogP contribution in [0.1, 0.15) is 35.7 Å². The Morgan fingerprint density at radius 2 is 2.11 bits per heavy atom. The average molecular weight is 264 g/mol. The summed E-state index contributed by atoms with van der Waals surface area (Å²) < 4.78 is 13.6. The van der Waals surface area contributed by atoms with E-state index in [1.54, 1.807) is 12.1 Å². The van der Waals surface area contributed by atoms with E-state index in [4.69, 9.17) is 0 Å². The number of carbonyl (C=O) groups is 1. The minimum Gasteiger partial charge on any atom is -0.348 e. The first-order chi connectivity index (χ1) is 9.06. The first kappa shape index (κ1) is 14.0. The summed E-state index contributed by atoms with van der Waals surface area (Å²) in [7, 11) is 0. The van der Waals surface area contributed by atoms with Gasteiger partial charge in [0, 0.05) is 12.6 Å². The lowest BCUT2D eigenvalue weighted by Crippen LogP contribution is -2.41. The zero-order chi connectivity index (χ0) is 13.8. The van der Waals surface area contributed by atoms with E-state index in [0.29, 0.717) is 0 Å². The van der Waals surface area contributed by atoms with Gasteiger partial charge in [0.2, 0.25) is 0 Å². The highest BCUT2D eigenvalue weighted by molar-refractivity contribution is 5.94. The zero-order valence-electron chi connectivity index (χ0n) is 11.6. The Balaban J connectivity index is 1.94. The Morgan fingerprint density at radius 3 is 2.79 bits per heavy atom. The Labute approximate surface area is 113 Å². The number of aryl methyl sites for hydroxylation is 1. The summed E-state index contributed by atoms with van der Waals surface area (Å²) in [6, 6.07) is 4.63. The second kappa shape index (κ2) is 6.15. The van der Waals surface area contributed by atoms with Crippen LogP contribution in [0.2, 0.25) is 0 Å². The molecule has 19 heavy (non-hydrogen) atoms. The van der Waals surface area contributed by atoms with Crippen LogP contribution in [0.4, 0.5) is 4.39 Å². The quantitative estimate of drug-likeness (QED) is 0.905. The number of carbonyl (C=O) groups excluding carboxylic acids is 1. The third kappa shape index (κ3) is 3.77. The van der Waals surface area contributed by atoms with E-state index in [1.165, 1.54) is 18.9 Å². The topological polar surface area (TPSA) is 32.3 Å². The van der Waals surface area contributed by atoms with Crippen molar-refractivity contribution in [2.75, 3.05) is 19.6 Å². The summed E-state index contributed by atoms with van der Waals surface area (Å²) in [6.45, 7) is 6.84. The van der Waals surface area contributed by atoms with E-state index < -0.39 is 5.82 Å². The van der Waals surface area contributed by atoms with E-state index in [0.717, 1.165) is 25.2 Å². The van der Waals surface area contributed by atoms with Crippen LogP contribution >= 0.6 is 0 Å². The molecule has 1 N–H and O–H groups in total. The monoisotopic (exact) mass is 264 g/mol. The van der Waals surface area contributed by atoms with Crippen molar-refractivity contribution < 1.29 is 9.18 Å². The van der Waals surface area contributed by atoms with Gasteiger partial charge < -0.3 is 10.2 Å². The molecule has 3 nitrogen and oxygen atoms in total. The van der Waals surface area contributed by atoms with Gasteiger partial charge in [-0.1, -0.05) is 11.6 Å². The molecule has 1 fully saturated rings. The average Bonchev–Trinajstić information content (AvgIpc) is 2.84. The van der Waals surface area contributed by atoms with E-state index in [2.05, 4.69) is 10.2 Å². The lowest BCUT2D eigenvalue weighted by molar-refractivity contribution is 0.0928. The van der Waals surface area contributed by atoms with Crippen molar-refractivity contribution in [3.63, 3.8) is 0 Å². The molecule has 4 heteroatoms. The third-order valence-electron chi connectivity index (χ3n) is 3.47. The molecule has 0 saturated carbocycles. The molecule has 0 spiro atoms. The van der Waals surface area contributed by atoms with E-state index in [-0.39, 0.29) is 17.5 Å². The lowest BCUT2D eigenvalue weighted by Gasteiger charge is -2.21. The number of amides is 1. The van der Waals surface area contributed by atoms with Gasteiger partial charge in [-0.25, -0.2) is 4.39 Å². The molecule has 0 aromatic heterocycles. The second-order valence-corrected chi connectivity index (χ2v) is 5.37. The van der Waals surface area contributed by atoms with Crippen LogP contribution in [0.25, 0.3) is 0 Å². The second-order valence-electron chi connectivity index (χ2n) is 5.37. The SMILES string of the molecule is Cc1ccc(F)c(C(=O)NC(C)CN2CCCC2)c1. The fourth-order valence-electron chi connectivity index (χ4n) is 2.51. The maximum Gasteiger partial charge on any atom is 0.254 e. The van der Waals surface area contributed by atoms with Crippen molar-refractivity contribution in [1.29, 1.82) is 0 Å². The number of rotatable bonds is 4. The number of nitrogens with one attached hydrogen (secondary N) is 1. The molecule has 104 valence electrons. The fourth-order valence-corrected chi connectivity index (χ4v) is 2.51. The number of hydrogen-bond donors (Lipinski definition) is 1. The maximum absolute atomic E-state index is 13.6. The molecule has 1 aliphatic heterocycles. The molecule has 0 radical (unpaired) electrons. The van der Waals surface area contributed by atoms with E-state index in [9.17, 15) is 9.18 Å². The Kier molecular flexibility index (Phi) is 4.53. The van der Waals surface area contributed by atoms with Gasteiger partial charge in [0.15, 0.2) is 0 Å². The molecule has 1 aromatic carbocycles. The summed E-state index contributed by atoms with van der Waals surface area (Å²) in [4.78, 5) is 14.4. The fraction of sp³-hybridized carbons (Fsp3) is 0.533. The van der Waals surface area contributed by atoms with Crippen molar-refractivity contribution in [3.05, 3.63) is 35.1 Å². The highest BCUT2D eigenvalue weighted by Gasteiger charge is 2.18. The van der Waals surface area contributed by atoms with Gasteiger partial charge in [0.05, 0.1) is 5.56 Å². The highest BCUT2D eigenvalue weighted by Crippen LogP contribution is 2.11. The predicted molar refractivity (Wildman–Crippen MR) is 73.7 cm³/mol. The molecule has 1 aliphatic rings. The van der Waals surface area contributed by atoms with Crippen LogP contribution in [0.3, 0.4) is 0 Å². The molecule has 1 heterocycles. The summed E-state index contributed by atoms with van der Waals surface area (Å²) in [5.41, 5.74) is 1.02. The minimum atomic E-state index is -0.462. The molecule has 0 aliphatic carbocycles. The standard InChI is InChI=1S/C15H21FN2O/c1-11-5-6-14(16)13(9-11)15(19)17-12(2)10-18-7-3-4-8-18/h5-6,9,12H,3-4,7-8,10H2,1-2H3,(H,17,19). The summed E-state index contributed by atoms with van der Waals surface area (Å²) in [5, 5.41) is 2.87. The third-order valence-corrected chi connectivity index (χ3v) is 3.47. The van der Waals surface area contributed by atoms with Gasteiger partial charge in [-0.2, -0.15) is 0 Å². The lowest BCUT2D eigenvalue weighted by atomic mass is 10.1. The van der Waals surface area contributed by atoms with Gasteiger partial charge >= 0.3 is 0 Å². The van der Waals surface area contributed by atoms with Crippen LogP contribution in [0.15, 0.2) is 18.2 Å². The molecule has 2 rings (SSSR count). The Bertz CT molecular complexity index is 455. The van der Waals surface area contributed by atoms with Crippen LogP contribution in [-0.2, 0) is 0 Å². The number of halogens is 1. The summed E-state index contributed by atoms with van der Waals surface area (Å²) >= 11 is 0. The molecule has 1 saturated heterocycles. The van der Waals surface area contributed by atoms with Crippen molar-refractivity contribution in [2.24, 2.45) is 0 Å². The molecule has 1 aromatic rings. The van der Waals surface area contributed by atoms with E-state index in [1.807, 2.05) is 13.8 Å². The minimum absolute atomic E-state index is 0.0329. The van der Waals surface area contributed by atoms with Crippen LogP contribution < -0.4 is 5.32 Å². The number of nitrogens with zero attached hydrogens (tertiary/aromatic N) is 1. The van der Waals surface area contributed by atoms with Gasteiger partial charge in [-0.3, -0.25) is 4.79 Å². The molecule has 1 atom stereocenters. The van der Waals surface area contributed by atoms with Gasteiger partial charge in [-0.05, 0) is 51.9 Å². The van der Waals surface area contributed by atoms with Crippen molar-refractivity contribution in [3.8, 4) is 0 Å². The Hall–Kier alpha value is -1.42. The smallest absolute Gasteiger partial charge is 0.254 e. The highest BCUT2D eigenvalue weighted by atomic mass is 19.1. The summed E-state index contributed by atoms with van der Waals surface area (Å²) in [6.07, 6.45) is 2.46. The van der Waals surface area contributed by atoms with Crippen LogP contribution in [0.5, 0.6) is 0 Å². The molecule has 1 amide bonds. The predicted octanol–water partition coefficient (Wildman–Crippen LogP) is 2.35. The molecule has 1 unspecified atom stereocenters. The number of hydrogen-bond acceptors (Lipinski definition) is 2. The number of likely N-dealkylation sites (tertiary alicyclic amines) is 1. The van der Waals surface area contributed by atoms with Gasteiger partial charge in [-0.15, -0.1) is 0 Å². The van der Waals surface area contributed by atoms with Crippen LogP contribution in [0, 0.1) is 12.7 Å². The first-order valence-corrected chi connectivity index (χ1v) is 6.85. The van der Waals surface area contributed by atoms with Crippen molar-refractivity contribution in [1.82, 2.24) is 10.2 Å².